The second kappa shape index (κ2) is 3.98. The van der Waals surface area contributed by atoms with Crippen LogP contribution in [0.25, 0.3) is 5.69 Å². The van der Waals surface area contributed by atoms with Crippen molar-refractivity contribution in [1.82, 2.24) is 9.78 Å². The second-order valence-corrected chi connectivity index (χ2v) is 3.28. The van der Waals surface area contributed by atoms with Gasteiger partial charge in [0.2, 0.25) is 5.69 Å². The van der Waals surface area contributed by atoms with Crippen LogP contribution in [0.1, 0.15) is 5.69 Å². The summed E-state index contributed by atoms with van der Waals surface area (Å²) in [5.74, 6) is -0.579. The molecule has 0 fully saturated rings. The van der Waals surface area contributed by atoms with Crippen LogP contribution in [0.2, 0.25) is 0 Å². The Hall–Kier alpha value is -2.81. The summed E-state index contributed by atoms with van der Waals surface area (Å²) in [6.45, 7) is 0. The van der Waals surface area contributed by atoms with Crippen LogP contribution in [0, 0.1) is 11.3 Å². The predicted molar refractivity (Wildman–Crippen MR) is 60.6 cm³/mol. The van der Waals surface area contributed by atoms with E-state index in [1.165, 1.54) is 0 Å². The van der Waals surface area contributed by atoms with E-state index in [1.54, 1.807) is 36.4 Å². The van der Waals surface area contributed by atoms with Crippen molar-refractivity contribution in [3.63, 3.8) is 0 Å². The van der Waals surface area contributed by atoms with Crippen molar-refractivity contribution in [2.24, 2.45) is 0 Å². The minimum absolute atomic E-state index is 0.286. The van der Waals surface area contributed by atoms with Crippen LogP contribution in [0.5, 0.6) is 5.75 Å². The number of benzene rings is 1. The molecule has 0 radical (unpaired) electrons. The summed E-state index contributed by atoms with van der Waals surface area (Å²) in [5, 5.41) is 21.9. The van der Waals surface area contributed by atoms with E-state index in [2.05, 4.69) is 5.10 Å². The lowest BCUT2D eigenvalue weighted by molar-refractivity contribution is 0.468. The molecule has 0 aliphatic carbocycles. The van der Waals surface area contributed by atoms with Gasteiger partial charge in [0.15, 0.2) is 5.75 Å². The summed E-state index contributed by atoms with van der Waals surface area (Å²) >= 11 is 0. The Balaban J connectivity index is 2.77. The Morgan fingerprint density at radius 2 is 2.00 bits per heavy atom. The zero-order chi connectivity index (χ0) is 12.4. The second-order valence-electron chi connectivity index (χ2n) is 3.28. The number of nitriles is 1. The number of hydrogen-bond acceptors (Lipinski definition) is 5. The van der Waals surface area contributed by atoms with Gasteiger partial charge in [-0.15, -0.1) is 5.10 Å². The summed E-state index contributed by atoms with van der Waals surface area (Å²) in [6, 6.07) is 10.2. The topological polar surface area (TPSA) is 105 Å². The van der Waals surface area contributed by atoms with Crippen LogP contribution in [-0.2, 0) is 0 Å². The molecular formula is C11H8N4O2. The van der Waals surface area contributed by atoms with Crippen molar-refractivity contribution in [2.45, 2.75) is 0 Å². The number of aromatic nitrogens is 2. The van der Waals surface area contributed by atoms with Gasteiger partial charge < -0.3 is 10.8 Å². The molecule has 0 bridgehead atoms. The number of nitrogen functional groups attached to an aromatic ring is 1. The molecule has 0 amide bonds. The first kappa shape index (κ1) is 10.7. The Morgan fingerprint density at radius 1 is 1.35 bits per heavy atom. The van der Waals surface area contributed by atoms with E-state index >= 15 is 0 Å². The number of nitrogens with zero attached hydrogens (tertiary/aromatic N) is 3. The third kappa shape index (κ3) is 1.70. The largest absolute Gasteiger partial charge is 0.503 e. The quantitative estimate of drug-likeness (QED) is 0.734. The molecule has 1 heterocycles. The number of anilines is 1. The van der Waals surface area contributed by atoms with Crippen LogP contribution in [-0.4, -0.2) is 14.9 Å². The molecule has 0 saturated heterocycles. The van der Waals surface area contributed by atoms with Crippen LogP contribution in [0.3, 0.4) is 0 Å². The van der Waals surface area contributed by atoms with E-state index in [1.807, 2.05) is 0 Å². The van der Waals surface area contributed by atoms with Gasteiger partial charge in [-0.1, -0.05) is 18.2 Å². The fraction of sp³-hybridized carbons (Fsp3) is 0. The Kier molecular flexibility index (Phi) is 2.51. The lowest BCUT2D eigenvalue weighted by Gasteiger charge is -2.07. The normalized spacial score (nSPS) is 9.82. The monoisotopic (exact) mass is 228 g/mol. The van der Waals surface area contributed by atoms with Crippen molar-refractivity contribution in [3.05, 3.63) is 46.4 Å². The third-order valence-electron chi connectivity index (χ3n) is 2.21. The molecule has 0 aliphatic rings. The van der Waals surface area contributed by atoms with Crippen molar-refractivity contribution in [2.75, 3.05) is 5.73 Å². The molecule has 17 heavy (non-hydrogen) atoms. The minimum Gasteiger partial charge on any atom is -0.503 e. The van der Waals surface area contributed by atoms with Gasteiger partial charge in [0, 0.05) is 0 Å². The van der Waals surface area contributed by atoms with Crippen LogP contribution in [0.15, 0.2) is 35.1 Å². The molecule has 0 saturated carbocycles. The molecule has 3 N–H and O–H groups in total. The van der Waals surface area contributed by atoms with Crippen molar-refractivity contribution in [1.29, 1.82) is 5.26 Å². The summed E-state index contributed by atoms with van der Waals surface area (Å²) < 4.78 is 0.980. The zero-order valence-electron chi connectivity index (χ0n) is 8.66. The van der Waals surface area contributed by atoms with Gasteiger partial charge in [0.05, 0.1) is 5.69 Å². The fourth-order valence-electron chi connectivity index (χ4n) is 1.36. The van der Waals surface area contributed by atoms with Gasteiger partial charge in [-0.3, -0.25) is 4.79 Å². The maximum absolute atomic E-state index is 11.8. The lowest BCUT2D eigenvalue weighted by Crippen LogP contribution is -2.24. The first-order valence-electron chi connectivity index (χ1n) is 4.72. The molecule has 84 valence electrons. The lowest BCUT2D eigenvalue weighted by atomic mass is 10.3. The summed E-state index contributed by atoms with van der Waals surface area (Å²) in [7, 11) is 0. The van der Waals surface area contributed by atoms with E-state index in [-0.39, 0.29) is 11.4 Å². The van der Waals surface area contributed by atoms with E-state index in [0.717, 1.165) is 4.68 Å². The smallest absolute Gasteiger partial charge is 0.298 e. The van der Waals surface area contributed by atoms with Gasteiger partial charge in [0.1, 0.15) is 11.8 Å². The summed E-state index contributed by atoms with van der Waals surface area (Å²) in [4.78, 5) is 11.8. The Bertz CT molecular complexity index is 656. The Morgan fingerprint density at radius 3 is 2.59 bits per heavy atom. The number of hydrogen-bond donors (Lipinski definition) is 2. The summed E-state index contributed by atoms with van der Waals surface area (Å²) in [6.07, 6.45) is 0. The van der Waals surface area contributed by atoms with Crippen LogP contribution < -0.4 is 11.3 Å². The highest BCUT2D eigenvalue weighted by Gasteiger charge is 2.14. The number of nitrogens with two attached hydrogens (primary N) is 1. The molecule has 1 aromatic heterocycles. The average Bonchev–Trinajstić information content (AvgIpc) is 2.37. The maximum atomic E-state index is 11.8. The van der Waals surface area contributed by atoms with E-state index in [4.69, 9.17) is 11.0 Å². The highest BCUT2D eigenvalue weighted by molar-refractivity contribution is 5.56. The SMILES string of the molecule is N#Cc1nn(-c2ccccc2)c(=O)c(N)c1O. The maximum Gasteiger partial charge on any atom is 0.298 e. The molecule has 6 nitrogen and oxygen atoms in total. The van der Waals surface area contributed by atoms with Gasteiger partial charge in [-0.25, -0.2) is 0 Å². The predicted octanol–water partition coefficient (Wildman–Crippen LogP) is 0.392. The van der Waals surface area contributed by atoms with E-state index in [9.17, 15) is 9.90 Å². The Labute approximate surface area is 96.2 Å². The average molecular weight is 228 g/mol. The first-order chi connectivity index (χ1) is 8.15. The summed E-state index contributed by atoms with van der Waals surface area (Å²) in [5.41, 5.74) is 4.56. The highest BCUT2D eigenvalue weighted by Crippen LogP contribution is 2.18. The van der Waals surface area contributed by atoms with Crippen molar-refractivity contribution in [3.8, 4) is 17.5 Å². The molecule has 2 aromatic rings. The van der Waals surface area contributed by atoms with Gasteiger partial charge in [0.25, 0.3) is 5.56 Å². The van der Waals surface area contributed by atoms with E-state index < -0.39 is 11.3 Å². The molecule has 1 aromatic carbocycles. The minimum atomic E-state index is -0.660. The van der Waals surface area contributed by atoms with Gasteiger partial charge >= 0.3 is 0 Å². The molecule has 2 rings (SSSR count). The number of para-hydroxylation sites is 1. The van der Waals surface area contributed by atoms with Gasteiger partial charge in [-0.2, -0.15) is 9.94 Å². The highest BCUT2D eigenvalue weighted by atomic mass is 16.3. The molecule has 0 aliphatic heterocycles. The van der Waals surface area contributed by atoms with E-state index in [0.29, 0.717) is 5.69 Å². The first-order valence-corrected chi connectivity index (χ1v) is 4.72. The molecule has 0 spiro atoms. The van der Waals surface area contributed by atoms with Crippen molar-refractivity contribution >= 4 is 5.69 Å². The molecule has 0 atom stereocenters. The molecule has 0 unspecified atom stereocenters. The number of rotatable bonds is 1. The van der Waals surface area contributed by atoms with Gasteiger partial charge in [-0.05, 0) is 12.1 Å². The van der Waals surface area contributed by atoms with Crippen molar-refractivity contribution < 1.29 is 5.11 Å². The fourth-order valence-corrected chi connectivity index (χ4v) is 1.36. The third-order valence-corrected chi connectivity index (χ3v) is 2.21. The standard InChI is InChI=1S/C11H8N4O2/c12-6-8-10(16)9(13)11(17)15(14-8)7-4-2-1-3-5-7/h1-5,16H,13H2. The number of aromatic hydroxyl groups is 1. The van der Waals surface area contributed by atoms with Crippen LogP contribution in [0.4, 0.5) is 5.69 Å². The molecule has 6 heteroatoms. The zero-order valence-corrected chi connectivity index (χ0v) is 8.66. The van der Waals surface area contributed by atoms with Crippen LogP contribution >= 0.6 is 0 Å². The molecular weight excluding hydrogens is 220 g/mol.